The van der Waals surface area contributed by atoms with Crippen molar-refractivity contribution in [3.63, 3.8) is 0 Å². The summed E-state index contributed by atoms with van der Waals surface area (Å²) in [4.78, 5) is 4.84. The summed E-state index contributed by atoms with van der Waals surface area (Å²) in [5, 5.41) is 18.5. The summed E-state index contributed by atoms with van der Waals surface area (Å²) < 4.78 is 0. The van der Waals surface area contributed by atoms with Crippen LogP contribution in [0.5, 0.6) is 0 Å². The molecule has 0 unspecified atom stereocenters. The van der Waals surface area contributed by atoms with Gasteiger partial charge in [-0.15, -0.1) is 0 Å². The van der Waals surface area contributed by atoms with E-state index in [1.165, 1.54) is 0 Å². The van der Waals surface area contributed by atoms with Gasteiger partial charge in [0, 0.05) is 11.1 Å². The first-order valence-electron chi connectivity index (χ1n) is 8.85. The minimum atomic E-state index is 0.595. The highest BCUT2D eigenvalue weighted by molar-refractivity contribution is 5.77. The number of nitrogens with zero attached hydrogens (tertiary/aromatic N) is 3. The van der Waals surface area contributed by atoms with Crippen molar-refractivity contribution in [3.05, 3.63) is 102 Å². The van der Waals surface area contributed by atoms with E-state index in [0.29, 0.717) is 11.1 Å². The third-order valence-corrected chi connectivity index (χ3v) is 4.51. The minimum absolute atomic E-state index is 0.595. The van der Waals surface area contributed by atoms with Gasteiger partial charge in [0.2, 0.25) is 0 Å². The highest BCUT2D eigenvalue weighted by atomic mass is 14.7. The van der Waals surface area contributed by atoms with Gasteiger partial charge in [-0.25, -0.2) is 4.98 Å². The molecule has 0 bridgehead atoms. The van der Waals surface area contributed by atoms with Gasteiger partial charge in [0.15, 0.2) is 0 Å². The molecular formula is C25H15N3. The molecule has 0 aliphatic rings. The maximum absolute atomic E-state index is 9.24. The van der Waals surface area contributed by atoms with E-state index in [1.807, 2.05) is 78.9 Å². The fraction of sp³-hybridized carbons (Fsp3) is 0. The van der Waals surface area contributed by atoms with Crippen LogP contribution in [-0.4, -0.2) is 4.98 Å². The van der Waals surface area contributed by atoms with Gasteiger partial charge in [-0.2, -0.15) is 10.5 Å². The average Bonchev–Trinajstić information content (AvgIpc) is 2.79. The van der Waals surface area contributed by atoms with Crippen LogP contribution in [0.1, 0.15) is 11.1 Å². The number of hydrogen-bond acceptors (Lipinski definition) is 3. The molecule has 28 heavy (non-hydrogen) atoms. The van der Waals surface area contributed by atoms with Crippen LogP contribution in [0.3, 0.4) is 0 Å². The van der Waals surface area contributed by atoms with Gasteiger partial charge >= 0.3 is 0 Å². The van der Waals surface area contributed by atoms with Crippen molar-refractivity contribution in [1.29, 1.82) is 10.5 Å². The highest BCUT2D eigenvalue weighted by Gasteiger charge is 2.10. The van der Waals surface area contributed by atoms with Crippen molar-refractivity contribution in [2.45, 2.75) is 0 Å². The zero-order valence-electron chi connectivity index (χ0n) is 15.0. The lowest BCUT2D eigenvalue weighted by Crippen LogP contribution is -1.92. The molecule has 0 radical (unpaired) electrons. The molecule has 0 atom stereocenters. The number of nitriles is 2. The highest BCUT2D eigenvalue weighted by Crippen LogP contribution is 2.30. The normalized spacial score (nSPS) is 10.1. The van der Waals surface area contributed by atoms with Crippen LogP contribution in [-0.2, 0) is 0 Å². The summed E-state index contributed by atoms with van der Waals surface area (Å²) in [6.45, 7) is 0. The molecule has 0 amide bonds. The average molecular weight is 357 g/mol. The molecule has 0 saturated carbocycles. The molecule has 3 nitrogen and oxygen atoms in total. The molecule has 0 saturated heterocycles. The van der Waals surface area contributed by atoms with E-state index in [9.17, 15) is 10.5 Å². The fourth-order valence-corrected chi connectivity index (χ4v) is 3.12. The van der Waals surface area contributed by atoms with E-state index in [-0.39, 0.29) is 0 Å². The Bertz CT molecular complexity index is 1150. The predicted octanol–water partition coefficient (Wildman–Crippen LogP) is 5.83. The summed E-state index contributed by atoms with van der Waals surface area (Å²) in [6.07, 6.45) is 0. The van der Waals surface area contributed by atoms with Crippen LogP contribution in [0.2, 0.25) is 0 Å². The van der Waals surface area contributed by atoms with Crippen molar-refractivity contribution >= 4 is 0 Å². The first-order valence-corrected chi connectivity index (χ1v) is 8.85. The van der Waals surface area contributed by atoms with Crippen molar-refractivity contribution in [3.8, 4) is 45.8 Å². The monoisotopic (exact) mass is 357 g/mol. The van der Waals surface area contributed by atoms with Gasteiger partial charge in [0.05, 0.1) is 34.7 Å². The minimum Gasteiger partial charge on any atom is -0.248 e. The summed E-state index contributed by atoms with van der Waals surface area (Å²) in [5.74, 6) is 0. The van der Waals surface area contributed by atoms with Crippen molar-refractivity contribution in [2.75, 3.05) is 0 Å². The Morgan fingerprint density at radius 2 is 1.04 bits per heavy atom. The molecule has 0 aliphatic carbocycles. The Hall–Kier alpha value is -4.21. The molecule has 4 rings (SSSR count). The number of benzene rings is 3. The molecule has 0 aliphatic heterocycles. The number of rotatable bonds is 3. The summed E-state index contributed by atoms with van der Waals surface area (Å²) in [5.41, 5.74) is 6.67. The largest absolute Gasteiger partial charge is 0.248 e. The van der Waals surface area contributed by atoms with E-state index in [2.05, 4.69) is 12.1 Å². The Balaban J connectivity index is 1.93. The SMILES string of the molecule is N#Cc1cccc(-c2cc(-c3ccccc3)nc(-c3cccc(C#N)c3)c2)c1. The van der Waals surface area contributed by atoms with Gasteiger partial charge in [0.25, 0.3) is 0 Å². The van der Waals surface area contributed by atoms with E-state index in [4.69, 9.17) is 4.98 Å². The van der Waals surface area contributed by atoms with Crippen LogP contribution in [0.15, 0.2) is 91.0 Å². The van der Waals surface area contributed by atoms with Gasteiger partial charge in [-0.05, 0) is 47.5 Å². The quantitative estimate of drug-likeness (QED) is 0.464. The van der Waals surface area contributed by atoms with E-state index >= 15 is 0 Å². The second kappa shape index (κ2) is 7.58. The molecule has 0 N–H and O–H groups in total. The van der Waals surface area contributed by atoms with E-state index < -0.39 is 0 Å². The van der Waals surface area contributed by atoms with Gasteiger partial charge in [-0.3, -0.25) is 0 Å². The van der Waals surface area contributed by atoms with Gasteiger partial charge in [0.1, 0.15) is 0 Å². The standard InChI is InChI=1S/C25H15N3/c26-16-18-6-4-10-21(12-18)23-14-24(20-8-2-1-3-9-20)28-25(15-23)22-11-5-7-19(13-22)17-27/h1-15H. The Labute approximate surface area is 163 Å². The molecule has 1 aromatic heterocycles. The number of aromatic nitrogens is 1. The molecule has 3 heteroatoms. The van der Waals surface area contributed by atoms with Crippen LogP contribution in [0.25, 0.3) is 33.6 Å². The summed E-state index contributed by atoms with van der Waals surface area (Å²) >= 11 is 0. The van der Waals surface area contributed by atoms with E-state index in [0.717, 1.165) is 33.6 Å². The van der Waals surface area contributed by atoms with Gasteiger partial charge < -0.3 is 0 Å². The molecule has 1 heterocycles. The second-order valence-corrected chi connectivity index (χ2v) is 6.38. The lowest BCUT2D eigenvalue weighted by atomic mass is 9.98. The summed E-state index contributed by atoms with van der Waals surface area (Å²) in [7, 11) is 0. The molecule has 0 spiro atoms. The Morgan fingerprint density at radius 1 is 0.500 bits per heavy atom. The van der Waals surface area contributed by atoms with Crippen molar-refractivity contribution in [1.82, 2.24) is 4.98 Å². The molecule has 0 fully saturated rings. The number of pyridine rings is 1. The third kappa shape index (κ3) is 3.51. The third-order valence-electron chi connectivity index (χ3n) is 4.51. The molecule has 4 aromatic rings. The van der Waals surface area contributed by atoms with Gasteiger partial charge in [-0.1, -0.05) is 54.6 Å². The smallest absolute Gasteiger partial charge is 0.0991 e. The molecule has 3 aromatic carbocycles. The van der Waals surface area contributed by atoms with Crippen LogP contribution in [0.4, 0.5) is 0 Å². The predicted molar refractivity (Wildman–Crippen MR) is 110 cm³/mol. The second-order valence-electron chi connectivity index (χ2n) is 6.38. The fourth-order valence-electron chi connectivity index (χ4n) is 3.12. The maximum Gasteiger partial charge on any atom is 0.0991 e. The van der Waals surface area contributed by atoms with Crippen LogP contribution >= 0.6 is 0 Å². The topological polar surface area (TPSA) is 60.5 Å². The van der Waals surface area contributed by atoms with Crippen molar-refractivity contribution in [2.24, 2.45) is 0 Å². The molecular weight excluding hydrogens is 342 g/mol. The zero-order valence-corrected chi connectivity index (χ0v) is 15.0. The van der Waals surface area contributed by atoms with E-state index in [1.54, 1.807) is 12.1 Å². The number of hydrogen-bond donors (Lipinski definition) is 0. The maximum atomic E-state index is 9.24. The lowest BCUT2D eigenvalue weighted by Gasteiger charge is -2.11. The first-order chi connectivity index (χ1) is 13.8. The Kier molecular flexibility index (Phi) is 4.66. The zero-order chi connectivity index (χ0) is 19.3. The molecule has 130 valence electrons. The van der Waals surface area contributed by atoms with Crippen LogP contribution < -0.4 is 0 Å². The lowest BCUT2D eigenvalue weighted by molar-refractivity contribution is 1.32. The van der Waals surface area contributed by atoms with Crippen molar-refractivity contribution < 1.29 is 0 Å². The first kappa shape index (κ1) is 17.2. The Morgan fingerprint density at radius 3 is 1.68 bits per heavy atom. The van der Waals surface area contributed by atoms with Crippen LogP contribution in [0, 0.1) is 22.7 Å². The summed E-state index contributed by atoms with van der Waals surface area (Å²) in [6, 6.07) is 33.4.